The van der Waals surface area contributed by atoms with Gasteiger partial charge in [0, 0.05) is 55.3 Å². The maximum atomic E-state index is 12.2. The van der Waals surface area contributed by atoms with Gasteiger partial charge in [0.05, 0.1) is 6.10 Å². The van der Waals surface area contributed by atoms with Crippen molar-refractivity contribution in [1.82, 2.24) is 14.9 Å². The molecule has 7 nitrogen and oxygen atoms in total. The SMILES string of the molecule is O=C(O)C(c1cccnc1C1CC1)N1CC[C@@H](OCCCCc2ccc3c(n2)NCCC3)C1. The van der Waals surface area contributed by atoms with Crippen molar-refractivity contribution in [3.63, 3.8) is 0 Å². The van der Waals surface area contributed by atoms with Crippen LogP contribution in [0.15, 0.2) is 30.5 Å². The number of rotatable bonds is 10. The number of pyridine rings is 2. The summed E-state index contributed by atoms with van der Waals surface area (Å²) < 4.78 is 6.13. The predicted molar refractivity (Wildman–Crippen MR) is 127 cm³/mol. The molecular weight excluding hydrogens is 416 g/mol. The van der Waals surface area contributed by atoms with Crippen LogP contribution in [0.25, 0.3) is 0 Å². The van der Waals surface area contributed by atoms with Crippen molar-refractivity contribution in [2.75, 3.05) is 31.6 Å². The molecule has 0 bridgehead atoms. The lowest BCUT2D eigenvalue weighted by Crippen LogP contribution is -2.34. The molecule has 2 aliphatic heterocycles. The Morgan fingerprint density at radius 3 is 3.00 bits per heavy atom. The first-order valence-corrected chi connectivity index (χ1v) is 12.4. The van der Waals surface area contributed by atoms with Crippen molar-refractivity contribution < 1.29 is 14.6 Å². The second-order valence-corrected chi connectivity index (χ2v) is 9.57. The third-order valence-corrected chi connectivity index (χ3v) is 7.04. The molecule has 2 N–H and O–H groups in total. The average molecular weight is 451 g/mol. The summed E-state index contributed by atoms with van der Waals surface area (Å²) in [5.41, 5.74) is 4.30. The Bertz CT molecular complexity index is 978. The molecule has 0 spiro atoms. The summed E-state index contributed by atoms with van der Waals surface area (Å²) >= 11 is 0. The Labute approximate surface area is 195 Å². The van der Waals surface area contributed by atoms with Gasteiger partial charge >= 0.3 is 5.97 Å². The molecule has 7 heteroatoms. The van der Waals surface area contributed by atoms with Gasteiger partial charge in [-0.25, -0.2) is 4.98 Å². The Morgan fingerprint density at radius 1 is 1.24 bits per heavy atom. The van der Waals surface area contributed by atoms with Gasteiger partial charge in [0.2, 0.25) is 0 Å². The number of carboxylic acids is 1. The number of ether oxygens (including phenoxy) is 1. The number of aliphatic carboxylic acids is 1. The number of anilines is 1. The molecule has 1 unspecified atom stereocenters. The molecule has 0 amide bonds. The summed E-state index contributed by atoms with van der Waals surface area (Å²) in [5, 5.41) is 13.4. The van der Waals surface area contributed by atoms with Crippen molar-refractivity contribution in [3.8, 4) is 0 Å². The van der Waals surface area contributed by atoms with E-state index >= 15 is 0 Å². The van der Waals surface area contributed by atoms with E-state index in [0.717, 1.165) is 80.8 Å². The molecule has 5 rings (SSSR count). The predicted octanol–water partition coefficient (Wildman–Crippen LogP) is 3.95. The fourth-order valence-corrected chi connectivity index (χ4v) is 5.14. The van der Waals surface area contributed by atoms with Crippen LogP contribution in [0.4, 0.5) is 5.82 Å². The number of carbonyl (C=O) groups is 1. The van der Waals surface area contributed by atoms with Gasteiger partial charge < -0.3 is 15.2 Å². The van der Waals surface area contributed by atoms with E-state index in [1.807, 2.05) is 12.1 Å². The maximum absolute atomic E-state index is 12.2. The van der Waals surface area contributed by atoms with E-state index in [0.29, 0.717) is 19.1 Å². The van der Waals surface area contributed by atoms with Gasteiger partial charge in [-0.05, 0) is 69.1 Å². The number of hydrogen-bond acceptors (Lipinski definition) is 6. The van der Waals surface area contributed by atoms with Crippen LogP contribution in [-0.2, 0) is 22.4 Å². The third kappa shape index (κ3) is 5.36. The number of nitrogens with zero attached hydrogens (tertiary/aromatic N) is 3. The molecule has 2 aromatic heterocycles. The zero-order chi connectivity index (χ0) is 22.6. The molecule has 2 aromatic rings. The Kier molecular flexibility index (Phi) is 6.88. The number of aryl methyl sites for hydroxylation is 2. The van der Waals surface area contributed by atoms with Crippen LogP contribution in [0.2, 0.25) is 0 Å². The minimum absolute atomic E-state index is 0.0963. The second kappa shape index (κ2) is 10.2. The molecule has 176 valence electrons. The van der Waals surface area contributed by atoms with Gasteiger partial charge in [-0.2, -0.15) is 0 Å². The van der Waals surface area contributed by atoms with Gasteiger partial charge in [0.25, 0.3) is 0 Å². The van der Waals surface area contributed by atoms with E-state index in [4.69, 9.17) is 9.72 Å². The Hall–Kier alpha value is -2.51. The highest BCUT2D eigenvalue weighted by Crippen LogP contribution is 2.43. The van der Waals surface area contributed by atoms with E-state index in [1.54, 1.807) is 6.20 Å². The number of carboxylic acid groups (broad SMARTS) is 1. The molecule has 4 heterocycles. The molecule has 2 atom stereocenters. The number of likely N-dealkylation sites (tertiary alicyclic amines) is 1. The smallest absolute Gasteiger partial charge is 0.325 e. The average Bonchev–Trinajstić information content (AvgIpc) is 3.58. The molecule has 3 aliphatic rings. The number of hydrogen-bond donors (Lipinski definition) is 2. The van der Waals surface area contributed by atoms with Gasteiger partial charge in [-0.3, -0.25) is 14.7 Å². The topological polar surface area (TPSA) is 87.6 Å². The van der Waals surface area contributed by atoms with Crippen molar-refractivity contribution in [2.45, 2.75) is 69.4 Å². The van der Waals surface area contributed by atoms with Crippen molar-refractivity contribution in [2.24, 2.45) is 0 Å². The molecule has 0 radical (unpaired) electrons. The number of nitrogens with one attached hydrogen (secondary N) is 1. The second-order valence-electron chi connectivity index (χ2n) is 9.57. The van der Waals surface area contributed by atoms with E-state index in [2.05, 4.69) is 27.3 Å². The summed E-state index contributed by atoms with van der Waals surface area (Å²) in [6.07, 6.45) is 10.3. The van der Waals surface area contributed by atoms with Gasteiger partial charge in [0.15, 0.2) is 0 Å². The molecule has 0 aromatic carbocycles. The van der Waals surface area contributed by atoms with Crippen LogP contribution in [0, 0.1) is 0 Å². The fourth-order valence-electron chi connectivity index (χ4n) is 5.14. The summed E-state index contributed by atoms with van der Waals surface area (Å²) in [5.74, 6) is 0.697. The van der Waals surface area contributed by atoms with E-state index in [-0.39, 0.29) is 6.10 Å². The van der Waals surface area contributed by atoms with Crippen LogP contribution >= 0.6 is 0 Å². The van der Waals surface area contributed by atoms with Gasteiger partial charge in [0.1, 0.15) is 11.9 Å². The number of fused-ring (bicyclic) bond motifs is 1. The van der Waals surface area contributed by atoms with Gasteiger partial charge in [-0.1, -0.05) is 12.1 Å². The third-order valence-electron chi connectivity index (χ3n) is 7.04. The molecule has 1 saturated heterocycles. The fraction of sp³-hybridized carbons (Fsp3) is 0.577. The van der Waals surface area contributed by atoms with Crippen LogP contribution in [0.5, 0.6) is 0 Å². The first-order valence-electron chi connectivity index (χ1n) is 12.4. The Morgan fingerprint density at radius 2 is 2.15 bits per heavy atom. The van der Waals surface area contributed by atoms with Crippen molar-refractivity contribution >= 4 is 11.8 Å². The molecule has 1 aliphatic carbocycles. The summed E-state index contributed by atoms with van der Waals surface area (Å²) in [6, 6.07) is 7.53. The quantitative estimate of drug-likeness (QED) is 0.530. The lowest BCUT2D eigenvalue weighted by atomic mass is 10.0. The van der Waals surface area contributed by atoms with Crippen molar-refractivity contribution in [3.05, 3.63) is 53.0 Å². The first-order chi connectivity index (χ1) is 16.2. The monoisotopic (exact) mass is 450 g/mol. The normalized spacial score (nSPS) is 21.4. The van der Waals surface area contributed by atoms with E-state index in [1.165, 1.54) is 12.0 Å². The zero-order valence-electron chi connectivity index (χ0n) is 19.2. The van der Waals surface area contributed by atoms with E-state index < -0.39 is 12.0 Å². The molecule has 1 saturated carbocycles. The summed E-state index contributed by atoms with van der Waals surface area (Å²) in [7, 11) is 0. The highest BCUT2D eigenvalue weighted by Gasteiger charge is 2.38. The number of aromatic nitrogens is 2. The first kappa shape index (κ1) is 22.3. The van der Waals surface area contributed by atoms with Crippen LogP contribution < -0.4 is 5.32 Å². The zero-order valence-corrected chi connectivity index (χ0v) is 19.2. The minimum atomic E-state index is -0.794. The van der Waals surface area contributed by atoms with E-state index in [9.17, 15) is 9.90 Å². The molecule has 33 heavy (non-hydrogen) atoms. The lowest BCUT2D eigenvalue weighted by molar-refractivity contribution is -0.143. The van der Waals surface area contributed by atoms with Gasteiger partial charge in [-0.15, -0.1) is 0 Å². The number of unbranched alkanes of at least 4 members (excludes halogenated alkanes) is 1. The lowest BCUT2D eigenvalue weighted by Gasteiger charge is -2.26. The van der Waals surface area contributed by atoms with Crippen molar-refractivity contribution in [1.29, 1.82) is 0 Å². The summed E-state index contributed by atoms with van der Waals surface area (Å²) in [6.45, 7) is 3.13. The van der Waals surface area contributed by atoms with Crippen LogP contribution in [-0.4, -0.2) is 58.3 Å². The highest BCUT2D eigenvalue weighted by molar-refractivity contribution is 5.76. The molecular formula is C26H34N4O3. The summed E-state index contributed by atoms with van der Waals surface area (Å²) in [4.78, 5) is 23.5. The standard InChI is InChI=1S/C26H34N4O3/c31-26(32)24(22-7-4-13-27-23(22)18-8-9-18)30-15-12-21(17-30)33-16-2-1-6-20-11-10-19-5-3-14-28-25(19)29-20/h4,7,10-11,13,18,21,24H,1-3,5-6,8-9,12,14-17H2,(H,28,29)(H,31,32)/t21-,24?/m1/s1. The van der Waals surface area contributed by atoms with Crippen LogP contribution in [0.3, 0.4) is 0 Å². The highest BCUT2D eigenvalue weighted by atomic mass is 16.5. The minimum Gasteiger partial charge on any atom is -0.480 e. The van der Waals surface area contributed by atoms with Crippen LogP contribution in [0.1, 0.15) is 73.0 Å². The maximum Gasteiger partial charge on any atom is 0.325 e. The molecule has 2 fully saturated rings. The largest absolute Gasteiger partial charge is 0.480 e. The Balaban J connectivity index is 1.08.